The Kier molecular flexibility index (Phi) is 6.33. The summed E-state index contributed by atoms with van der Waals surface area (Å²) in [5, 5.41) is 2.77. The zero-order chi connectivity index (χ0) is 20.9. The van der Waals surface area contributed by atoms with Gasteiger partial charge in [-0.05, 0) is 47.9 Å². The Morgan fingerprint density at radius 1 is 1.10 bits per heavy atom. The number of hydrogen-bond acceptors (Lipinski definition) is 5. The number of rotatable bonds is 6. The van der Waals surface area contributed by atoms with Crippen LogP contribution in [-0.4, -0.2) is 39.7 Å². The molecule has 8 heteroatoms. The lowest BCUT2D eigenvalue weighted by molar-refractivity contribution is -0.116. The van der Waals surface area contributed by atoms with Crippen molar-refractivity contribution in [2.24, 2.45) is 0 Å². The molecule has 1 amide bonds. The number of sulfonamides is 1. The van der Waals surface area contributed by atoms with Crippen LogP contribution in [0.4, 0.5) is 5.69 Å². The summed E-state index contributed by atoms with van der Waals surface area (Å²) in [7, 11) is -1.87. The Hall–Kier alpha value is -3.13. The third kappa shape index (κ3) is 5.23. The van der Waals surface area contributed by atoms with E-state index in [4.69, 9.17) is 0 Å². The predicted molar refractivity (Wildman–Crippen MR) is 111 cm³/mol. The number of esters is 1. The van der Waals surface area contributed by atoms with E-state index in [1.807, 2.05) is 0 Å². The van der Waals surface area contributed by atoms with Crippen LogP contribution in [-0.2, 0) is 26.1 Å². The van der Waals surface area contributed by atoms with Crippen LogP contribution in [0.15, 0.2) is 54.6 Å². The van der Waals surface area contributed by atoms with Crippen molar-refractivity contribution in [2.75, 3.05) is 23.7 Å². The quantitative estimate of drug-likeness (QED) is 0.579. The SMILES string of the molecule is COC(=O)c1ccc(CNC(=O)/C=C/c2ccc(N3CCCS3(=O)=O)cc2)cc1. The summed E-state index contributed by atoms with van der Waals surface area (Å²) in [5.74, 6) is -0.481. The van der Waals surface area contributed by atoms with E-state index in [0.29, 0.717) is 30.8 Å². The Bertz CT molecular complexity index is 1010. The van der Waals surface area contributed by atoms with E-state index in [9.17, 15) is 18.0 Å². The summed E-state index contributed by atoms with van der Waals surface area (Å²) in [6.07, 6.45) is 3.72. The summed E-state index contributed by atoms with van der Waals surface area (Å²) < 4.78 is 30.0. The van der Waals surface area contributed by atoms with Gasteiger partial charge in [0, 0.05) is 19.2 Å². The molecule has 1 heterocycles. The van der Waals surface area contributed by atoms with Gasteiger partial charge in [0.2, 0.25) is 15.9 Å². The van der Waals surface area contributed by atoms with E-state index in [0.717, 1.165) is 11.1 Å². The van der Waals surface area contributed by atoms with Crippen LogP contribution in [0.25, 0.3) is 6.08 Å². The number of methoxy groups -OCH3 is 1. The monoisotopic (exact) mass is 414 g/mol. The number of nitrogens with one attached hydrogen (secondary N) is 1. The van der Waals surface area contributed by atoms with Crippen LogP contribution in [0, 0.1) is 0 Å². The van der Waals surface area contributed by atoms with Crippen molar-refractivity contribution in [3.63, 3.8) is 0 Å². The van der Waals surface area contributed by atoms with Crippen molar-refractivity contribution in [1.29, 1.82) is 0 Å². The molecular formula is C21H22N2O5S. The van der Waals surface area contributed by atoms with Crippen LogP contribution >= 0.6 is 0 Å². The lowest BCUT2D eigenvalue weighted by Crippen LogP contribution is -2.24. The standard InChI is InChI=1S/C21H22N2O5S/c1-28-21(25)18-8-3-17(4-9-18)15-22-20(24)12-7-16-5-10-19(11-6-16)23-13-2-14-29(23,26)27/h3-12H,2,13-15H2,1H3,(H,22,24)/b12-7+. The highest BCUT2D eigenvalue weighted by Crippen LogP contribution is 2.24. The maximum Gasteiger partial charge on any atom is 0.337 e. The van der Waals surface area contributed by atoms with Crippen LogP contribution < -0.4 is 9.62 Å². The molecule has 0 aliphatic carbocycles. The number of anilines is 1. The first-order valence-corrected chi connectivity index (χ1v) is 10.7. The highest BCUT2D eigenvalue weighted by Gasteiger charge is 2.28. The van der Waals surface area contributed by atoms with Crippen LogP contribution in [0.2, 0.25) is 0 Å². The van der Waals surface area contributed by atoms with Crippen molar-refractivity contribution in [2.45, 2.75) is 13.0 Å². The van der Waals surface area contributed by atoms with Crippen LogP contribution in [0.1, 0.15) is 27.9 Å². The van der Waals surface area contributed by atoms with Gasteiger partial charge in [0.15, 0.2) is 0 Å². The molecule has 1 fully saturated rings. The van der Waals surface area contributed by atoms with Gasteiger partial charge < -0.3 is 10.1 Å². The smallest absolute Gasteiger partial charge is 0.337 e. The third-order valence-corrected chi connectivity index (χ3v) is 6.42. The minimum Gasteiger partial charge on any atom is -0.465 e. The van der Waals surface area contributed by atoms with Gasteiger partial charge in [-0.1, -0.05) is 24.3 Å². The fourth-order valence-electron chi connectivity index (χ4n) is 2.98. The summed E-state index contributed by atoms with van der Waals surface area (Å²) in [6, 6.07) is 13.8. The van der Waals surface area contributed by atoms with Gasteiger partial charge in [0.1, 0.15) is 0 Å². The van der Waals surface area contributed by atoms with E-state index in [2.05, 4.69) is 10.1 Å². The number of carbonyl (C=O) groups excluding carboxylic acids is 2. The van der Waals surface area contributed by atoms with Gasteiger partial charge in [-0.3, -0.25) is 9.10 Å². The number of ether oxygens (including phenoxy) is 1. The molecular weight excluding hydrogens is 392 g/mol. The highest BCUT2D eigenvalue weighted by atomic mass is 32.2. The molecule has 29 heavy (non-hydrogen) atoms. The second-order valence-electron chi connectivity index (χ2n) is 6.57. The van der Waals surface area contributed by atoms with E-state index in [1.165, 1.54) is 17.5 Å². The lowest BCUT2D eigenvalue weighted by atomic mass is 10.1. The number of benzene rings is 2. The molecule has 1 aliphatic rings. The van der Waals surface area contributed by atoms with Gasteiger partial charge in [-0.15, -0.1) is 0 Å². The molecule has 3 rings (SSSR count). The molecule has 1 saturated heterocycles. The molecule has 0 saturated carbocycles. The Labute approximate surface area is 170 Å². The van der Waals surface area contributed by atoms with E-state index >= 15 is 0 Å². The summed E-state index contributed by atoms with van der Waals surface area (Å²) in [6.45, 7) is 0.830. The number of nitrogens with zero attached hydrogens (tertiary/aromatic N) is 1. The topological polar surface area (TPSA) is 92.8 Å². The minimum absolute atomic E-state index is 0.181. The molecule has 152 valence electrons. The Balaban J connectivity index is 1.53. The third-order valence-electron chi connectivity index (χ3n) is 4.55. The minimum atomic E-state index is -3.20. The first-order chi connectivity index (χ1) is 13.9. The van der Waals surface area contributed by atoms with Gasteiger partial charge in [-0.2, -0.15) is 0 Å². The zero-order valence-electron chi connectivity index (χ0n) is 16.0. The molecule has 0 unspecified atom stereocenters. The lowest BCUT2D eigenvalue weighted by Gasteiger charge is -2.16. The molecule has 0 bridgehead atoms. The van der Waals surface area contributed by atoms with Crippen LogP contribution in [0.3, 0.4) is 0 Å². The number of carbonyl (C=O) groups is 2. The fraction of sp³-hybridized carbons (Fsp3) is 0.238. The van der Waals surface area contributed by atoms with Crippen molar-refractivity contribution in [1.82, 2.24) is 5.32 Å². The van der Waals surface area contributed by atoms with Gasteiger partial charge in [-0.25, -0.2) is 13.2 Å². The number of hydrogen-bond donors (Lipinski definition) is 1. The van der Waals surface area contributed by atoms with Crippen LogP contribution in [0.5, 0.6) is 0 Å². The number of amides is 1. The average Bonchev–Trinajstić information content (AvgIpc) is 3.09. The van der Waals surface area contributed by atoms with E-state index < -0.39 is 16.0 Å². The molecule has 7 nitrogen and oxygen atoms in total. The van der Waals surface area contributed by atoms with Gasteiger partial charge in [0.05, 0.1) is 24.1 Å². The maximum atomic E-state index is 12.0. The first-order valence-electron chi connectivity index (χ1n) is 9.13. The zero-order valence-corrected chi connectivity index (χ0v) is 16.8. The predicted octanol–water partition coefficient (Wildman–Crippen LogP) is 2.34. The second-order valence-corrected chi connectivity index (χ2v) is 8.59. The molecule has 1 aliphatic heterocycles. The van der Waals surface area contributed by atoms with Crippen molar-refractivity contribution < 1.29 is 22.7 Å². The fourth-order valence-corrected chi connectivity index (χ4v) is 4.54. The molecule has 1 N–H and O–H groups in total. The summed E-state index contributed by atoms with van der Waals surface area (Å²) >= 11 is 0. The largest absolute Gasteiger partial charge is 0.465 e. The van der Waals surface area contributed by atoms with Crippen molar-refractivity contribution >= 4 is 33.7 Å². The van der Waals surface area contributed by atoms with Crippen molar-refractivity contribution in [3.8, 4) is 0 Å². The molecule has 2 aromatic carbocycles. The van der Waals surface area contributed by atoms with E-state index in [1.54, 1.807) is 54.6 Å². The molecule has 2 aromatic rings. The molecule has 0 atom stereocenters. The van der Waals surface area contributed by atoms with Crippen molar-refractivity contribution in [3.05, 3.63) is 71.3 Å². The Morgan fingerprint density at radius 2 is 1.79 bits per heavy atom. The first kappa shape index (κ1) is 20.6. The summed E-state index contributed by atoms with van der Waals surface area (Å²) in [4.78, 5) is 23.4. The van der Waals surface area contributed by atoms with Gasteiger partial charge in [0.25, 0.3) is 0 Å². The highest BCUT2D eigenvalue weighted by molar-refractivity contribution is 7.93. The molecule has 0 radical (unpaired) electrons. The molecule has 0 spiro atoms. The summed E-state index contributed by atoms with van der Waals surface area (Å²) in [5.41, 5.74) is 2.74. The maximum absolute atomic E-state index is 12.0. The normalized spacial score (nSPS) is 15.4. The van der Waals surface area contributed by atoms with E-state index in [-0.39, 0.29) is 11.7 Å². The molecule has 0 aromatic heterocycles. The average molecular weight is 414 g/mol. The van der Waals surface area contributed by atoms with Gasteiger partial charge >= 0.3 is 5.97 Å². The Morgan fingerprint density at radius 3 is 2.38 bits per heavy atom. The second kappa shape index (κ2) is 8.91.